The van der Waals surface area contributed by atoms with Crippen molar-refractivity contribution in [2.75, 3.05) is 71.7 Å². The molecule has 1 aromatic carbocycles. The molecule has 0 radical (unpaired) electrons. The van der Waals surface area contributed by atoms with Gasteiger partial charge in [0.05, 0.1) is 21.5 Å². The number of amides is 1. The van der Waals surface area contributed by atoms with E-state index in [1.165, 1.54) is 21.6 Å². The maximum atomic E-state index is 17.4. The molecule has 2 unspecified atom stereocenters. The summed E-state index contributed by atoms with van der Waals surface area (Å²) in [7, 11) is 6.62. The third-order valence-electron chi connectivity index (χ3n) is 11.1. The SMILES string of the molecule is CN(C)C=O.COC.N#Cc1c(N)sc2c(F)ccc(-c3c(F)c4nc(OCC56CCCN5CCC6)nc(N5CC6CCC(C5)N6)c4c(=O)n3C3CC3)c12. The number of hydrogen-bond acceptors (Lipinski definition) is 12. The standard InChI is InChI=1S/C33H34F2N8O2S.C3H7NO.C2H6O/c34-22-8-7-20(23-21(13-36)29(37)46-28(22)23)27-25(35)26-24(31(44)43(27)19-5-6-19)30(41-14-17-3-4-18(15-41)38-17)40-32(39-26)45-16-33-9-1-11-42(33)12-2-10-33;1-4(2)3-5;1-3-2/h7-8,17-19,38H,1-6,9-12,14-16,37H2;3H,1-2H3;1-2H3. The first-order valence-electron chi connectivity index (χ1n) is 18.5. The largest absolute Gasteiger partial charge is 0.461 e. The molecule has 4 aliphatic heterocycles. The average molecular weight is 764 g/mol. The van der Waals surface area contributed by atoms with Gasteiger partial charge in [-0.3, -0.25) is 14.5 Å². The van der Waals surface area contributed by atoms with Crippen molar-refractivity contribution in [3.63, 3.8) is 0 Å². The molecule has 1 amide bonds. The van der Waals surface area contributed by atoms with Gasteiger partial charge in [0.1, 0.15) is 40.2 Å². The number of benzene rings is 1. The molecule has 7 heterocycles. The van der Waals surface area contributed by atoms with Gasteiger partial charge in [-0.1, -0.05) is 0 Å². The Bertz CT molecular complexity index is 2140. The van der Waals surface area contributed by atoms with Crippen molar-refractivity contribution in [3.05, 3.63) is 39.7 Å². The predicted octanol–water partition coefficient (Wildman–Crippen LogP) is 4.65. The molecule has 5 fully saturated rings. The number of nitriles is 1. The highest BCUT2D eigenvalue weighted by molar-refractivity contribution is 7.23. The van der Waals surface area contributed by atoms with E-state index in [0.29, 0.717) is 38.4 Å². The summed E-state index contributed by atoms with van der Waals surface area (Å²) in [6.07, 6.45) is 8.50. The van der Waals surface area contributed by atoms with E-state index in [1.807, 2.05) is 0 Å². The van der Waals surface area contributed by atoms with Gasteiger partial charge in [-0.2, -0.15) is 15.2 Å². The lowest BCUT2D eigenvalue weighted by molar-refractivity contribution is -0.115. The number of nitrogens with one attached hydrogen (secondary N) is 1. The molecule has 0 spiro atoms. The van der Waals surface area contributed by atoms with Crippen LogP contribution in [0.1, 0.15) is 63.0 Å². The monoisotopic (exact) mass is 763 g/mol. The Morgan fingerprint density at radius 2 is 1.74 bits per heavy atom. The summed E-state index contributed by atoms with van der Waals surface area (Å²) >= 11 is 0.946. The van der Waals surface area contributed by atoms with E-state index >= 15 is 8.78 Å². The molecule has 5 aliphatic rings. The summed E-state index contributed by atoms with van der Waals surface area (Å²) in [6, 6.07) is 5.09. The van der Waals surface area contributed by atoms with Gasteiger partial charge in [0.2, 0.25) is 6.41 Å². The Kier molecular flexibility index (Phi) is 10.8. The lowest BCUT2D eigenvalue weighted by Gasteiger charge is -2.34. The molecule has 13 nitrogen and oxygen atoms in total. The summed E-state index contributed by atoms with van der Waals surface area (Å²) in [5, 5.41) is 14.1. The lowest BCUT2D eigenvalue weighted by Crippen LogP contribution is -2.51. The Labute approximate surface area is 316 Å². The Balaban J connectivity index is 0.000000515. The number of halogens is 2. The third kappa shape index (κ3) is 6.87. The number of anilines is 2. The highest BCUT2D eigenvalue weighted by Gasteiger charge is 2.45. The van der Waals surface area contributed by atoms with E-state index in [2.05, 4.69) is 30.9 Å². The fourth-order valence-electron chi connectivity index (χ4n) is 8.57. The summed E-state index contributed by atoms with van der Waals surface area (Å²) in [5.41, 5.74) is 5.87. The number of piperazine rings is 1. The van der Waals surface area contributed by atoms with E-state index in [1.54, 1.807) is 28.3 Å². The second-order valence-corrected chi connectivity index (χ2v) is 16.2. The molecule has 9 rings (SSSR count). The van der Waals surface area contributed by atoms with Crippen LogP contribution in [0, 0.1) is 23.0 Å². The van der Waals surface area contributed by atoms with Crippen molar-refractivity contribution in [2.45, 2.75) is 75.0 Å². The zero-order valence-corrected chi connectivity index (χ0v) is 32.0. The lowest BCUT2D eigenvalue weighted by atomic mass is 9.95. The van der Waals surface area contributed by atoms with Crippen LogP contribution in [-0.4, -0.2) is 109 Å². The molecule has 4 saturated heterocycles. The van der Waals surface area contributed by atoms with Crippen LogP contribution in [0.15, 0.2) is 16.9 Å². The number of pyridine rings is 1. The van der Waals surface area contributed by atoms with E-state index in [0.717, 1.165) is 69.4 Å². The van der Waals surface area contributed by atoms with E-state index in [9.17, 15) is 14.9 Å². The van der Waals surface area contributed by atoms with Crippen molar-refractivity contribution in [1.82, 2.24) is 29.7 Å². The molecule has 288 valence electrons. The highest BCUT2D eigenvalue weighted by atomic mass is 32.1. The van der Waals surface area contributed by atoms with E-state index < -0.39 is 17.2 Å². The van der Waals surface area contributed by atoms with Gasteiger partial charge in [0, 0.05) is 70.5 Å². The van der Waals surface area contributed by atoms with Crippen molar-refractivity contribution < 1.29 is 23.0 Å². The maximum absolute atomic E-state index is 17.4. The molecular weight excluding hydrogens is 717 g/mol. The van der Waals surface area contributed by atoms with Crippen molar-refractivity contribution in [1.29, 1.82) is 5.26 Å². The molecule has 1 aliphatic carbocycles. The summed E-state index contributed by atoms with van der Waals surface area (Å²) in [5.74, 6) is -0.868. The van der Waals surface area contributed by atoms with Gasteiger partial charge in [0.25, 0.3) is 5.56 Å². The van der Waals surface area contributed by atoms with Gasteiger partial charge >= 0.3 is 6.01 Å². The van der Waals surface area contributed by atoms with Crippen LogP contribution in [0.25, 0.3) is 32.2 Å². The summed E-state index contributed by atoms with van der Waals surface area (Å²) in [6.45, 7) is 3.77. The quantitative estimate of drug-likeness (QED) is 0.253. The second-order valence-electron chi connectivity index (χ2n) is 15.1. The fraction of sp³-hybridized carbons (Fsp3) is 0.553. The number of nitrogens with two attached hydrogens (primary N) is 1. The first-order chi connectivity index (χ1) is 26.0. The summed E-state index contributed by atoms with van der Waals surface area (Å²) in [4.78, 5) is 39.6. The molecule has 54 heavy (non-hydrogen) atoms. The normalized spacial score (nSPS) is 21.2. The molecule has 2 bridgehead atoms. The van der Waals surface area contributed by atoms with Crippen LogP contribution in [-0.2, 0) is 9.53 Å². The molecule has 4 aromatic rings. The van der Waals surface area contributed by atoms with Crippen molar-refractivity contribution >= 4 is 49.6 Å². The average Bonchev–Trinajstić information content (AvgIpc) is 3.45. The maximum Gasteiger partial charge on any atom is 0.319 e. The number of hydrogen-bond donors (Lipinski definition) is 2. The third-order valence-corrected chi connectivity index (χ3v) is 12.1. The minimum Gasteiger partial charge on any atom is -0.461 e. The van der Waals surface area contributed by atoms with Gasteiger partial charge in [-0.25, -0.2) is 8.78 Å². The Hall–Kier alpha value is -4.43. The van der Waals surface area contributed by atoms with Crippen LogP contribution in [0.3, 0.4) is 0 Å². The minimum absolute atomic E-state index is 0.00775. The second kappa shape index (κ2) is 15.4. The van der Waals surface area contributed by atoms with E-state index in [-0.39, 0.29) is 72.5 Å². The van der Waals surface area contributed by atoms with Crippen LogP contribution in [0.4, 0.5) is 19.6 Å². The number of thiophene rings is 1. The van der Waals surface area contributed by atoms with Gasteiger partial charge in [0.15, 0.2) is 5.82 Å². The molecule has 3 N–H and O–H groups in total. The van der Waals surface area contributed by atoms with Gasteiger partial charge in [-0.15, -0.1) is 11.3 Å². The Morgan fingerprint density at radius 1 is 1.09 bits per heavy atom. The molecule has 3 aromatic heterocycles. The van der Waals surface area contributed by atoms with Crippen LogP contribution >= 0.6 is 11.3 Å². The summed E-state index contributed by atoms with van der Waals surface area (Å²) < 4.78 is 44.6. The predicted molar refractivity (Wildman–Crippen MR) is 205 cm³/mol. The molecule has 2 atom stereocenters. The number of methoxy groups -OCH3 is 1. The zero-order valence-electron chi connectivity index (χ0n) is 31.2. The fourth-order valence-corrected chi connectivity index (χ4v) is 9.52. The first-order valence-corrected chi connectivity index (χ1v) is 19.3. The van der Waals surface area contributed by atoms with Crippen LogP contribution in [0.2, 0.25) is 0 Å². The number of ether oxygens (including phenoxy) is 2. The van der Waals surface area contributed by atoms with Crippen LogP contribution < -0.4 is 26.2 Å². The first kappa shape index (κ1) is 37.9. The molecular formula is C38H47F2N9O4S. The number of carbonyl (C=O) groups is 1. The number of nitrogen functional groups attached to an aromatic ring is 1. The number of nitrogens with zero attached hydrogens (tertiary/aromatic N) is 7. The number of aromatic nitrogens is 3. The number of carbonyl (C=O) groups excluding carboxylic acids is 1. The number of rotatable bonds is 7. The van der Waals surface area contributed by atoms with Gasteiger partial charge < -0.3 is 34.9 Å². The Morgan fingerprint density at radius 3 is 2.33 bits per heavy atom. The highest BCUT2D eigenvalue weighted by Crippen LogP contribution is 2.46. The van der Waals surface area contributed by atoms with Crippen molar-refractivity contribution in [2.24, 2.45) is 0 Å². The van der Waals surface area contributed by atoms with Crippen LogP contribution in [0.5, 0.6) is 6.01 Å². The van der Waals surface area contributed by atoms with Crippen molar-refractivity contribution in [3.8, 4) is 23.3 Å². The number of fused-ring (bicyclic) bond motifs is 5. The molecule has 1 saturated carbocycles. The molecule has 16 heteroatoms. The zero-order chi connectivity index (χ0) is 38.3. The van der Waals surface area contributed by atoms with Gasteiger partial charge in [-0.05, 0) is 76.6 Å². The minimum atomic E-state index is -0.712. The smallest absolute Gasteiger partial charge is 0.319 e. The topological polar surface area (TPSA) is 155 Å². The van der Waals surface area contributed by atoms with E-state index in [4.69, 9.17) is 15.5 Å².